The van der Waals surface area contributed by atoms with E-state index in [1.165, 1.54) is 0 Å². The van der Waals surface area contributed by atoms with Crippen LogP contribution in [0.25, 0.3) is 10.9 Å². The van der Waals surface area contributed by atoms with Gasteiger partial charge in [-0.2, -0.15) is 0 Å². The molecule has 2 heterocycles. The van der Waals surface area contributed by atoms with Gasteiger partial charge in [0.1, 0.15) is 11.5 Å². The molecule has 16 heavy (non-hydrogen) atoms. The zero-order valence-electron chi connectivity index (χ0n) is 8.63. The van der Waals surface area contributed by atoms with Gasteiger partial charge in [-0.15, -0.1) is 0 Å². The van der Waals surface area contributed by atoms with Gasteiger partial charge in [-0.25, -0.2) is 4.98 Å². The van der Waals surface area contributed by atoms with Crippen LogP contribution in [0, 0.1) is 5.21 Å². The van der Waals surface area contributed by atoms with Gasteiger partial charge >= 0.3 is 0 Å². The van der Waals surface area contributed by atoms with Crippen LogP contribution < -0.4 is 0 Å². The van der Waals surface area contributed by atoms with Gasteiger partial charge in [0.05, 0.1) is 12.1 Å². The van der Waals surface area contributed by atoms with Crippen LogP contribution in [0.15, 0.2) is 41.4 Å². The number of benzene rings is 1. The quantitative estimate of drug-likeness (QED) is 0.724. The maximum absolute atomic E-state index is 11.5. The standard InChI is InChI=1S/C12H10N3O/c16-15-8-7-13-12(15)11-6-5-9-3-1-2-4-10(9)14-11/h1-6H,7-8H2/q-1. The van der Waals surface area contributed by atoms with Gasteiger partial charge in [0.15, 0.2) is 0 Å². The Morgan fingerprint density at radius 2 is 2.00 bits per heavy atom. The summed E-state index contributed by atoms with van der Waals surface area (Å²) in [6, 6.07) is 11.6. The first kappa shape index (κ1) is 9.30. The maximum atomic E-state index is 11.5. The Morgan fingerprint density at radius 1 is 1.12 bits per heavy atom. The van der Waals surface area contributed by atoms with Gasteiger partial charge in [0.2, 0.25) is 0 Å². The van der Waals surface area contributed by atoms with Gasteiger partial charge in [-0.1, -0.05) is 24.3 Å². The van der Waals surface area contributed by atoms with Crippen LogP contribution in [0.2, 0.25) is 0 Å². The highest BCUT2D eigenvalue weighted by Gasteiger charge is 2.12. The Balaban J connectivity index is 2.12. The van der Waals surface area contributed by atoms with Crippen LogP contribution in [0.4, 0.5) is 0 Å². The molecule has 4 nitrogen and oxygen atoms in total. The highest BCUT2D eigenvalue weighted by molar-refractivity contribution is 6.00. The summed E-state index contributed by atoms with van der Waals surface area (Å²) in [5.41, 5.74) is 1.55. The molecule has 0 saturated carbocycles. The molecule has 0 aliphatic carbocycles. The molecule has 0 spiro atoms. The lowest BCUT2D eigenvalue weighted by molar-refractivity contribution is 0.615. The smallest absolute Gasteiger partial charge is 0.139 e. The first-order valence-corrected chi connectivity index (χ1v) is 5.20. The molecule has 0 bridgehead atoms. The Labute approximate surface area is 92.8 Å². The molecule has 0 N–H and O–H groups in total. The second-order valence-electron chi connectivity index (χ2n) is 3.70. The summed E-state index contributed by atoms with van der Waals surface area (Å²) in [4.78, 5) is 8.60. The van der Waals surface area contributed by atoms with Crippen LogP contribution >= 0.6 is 0 Å². The molecule has 2 aromatic rings. The van der Waals surface area contributed by atoms with Gasteiger partial charge < -0.3 is 10.3 Å². The Bertz CT molecular complexity index is 565. The third-order valence-electron chi connectivity index (χ3n) is 2.63. The number of rotatable bonds is 1. The van der Waals surface area contributed by atoms with Crippen molar-refractivity contribution in [1.82, 2.24) is 10.0 Å². The molecule has 0 radical (unpaired) electrons. The SMILES string of the molecule is [O-]N1CCN=C1c1ccc2ccccc2n1. The van der Waals surface area contributed by atoms with Crippen LogP contribution in [0.3, 0.4) is 0 Å². The molecular weight excluding hydrogens is 202 g/mol. The number of para-hydroxylation sites is 1. The van der Waals surface area contributed by atoms with E-state index in [-0.39, 0.29) is 0 Å². The molecule has 0 fully saturated rings. The summed E-state index contributed by atoms with van der Waals surface area (Å²) in [5, 5.41) is 13.4. The van der Waals surface area contributed by atoms with Crippen LogP contribution in [0.1, 0.15) is 5.69 Å². The topological polar surface area (TPSA) is 51.5 Å². The van der Waals surface area contributed by atoms with Crippen molar-refractivity contribution in [1.29, 1.82) is 0 Å². The second kappa shape index (κ2) is 3.57. The van der Waals surface area contributed by atoms with E-state index in [1.54, 1.807) is 0 Å². The molecule has 1 aliphatic rings. The largest absolute Gasteiger partial charge is 0.757 e. The lowest BCUT2D eigenvalue weighted by Crippen LogP contribution is -2.22. The summed E-state index contributed by atoms with van der Waals surface area (Å²) in [7, 11) is 0. The van der Waals surface area contributed by atoms with E-state index in [4.69, 9.17) is 0 Å². The van der Waals surface area contributed by atoms with Gasteiger partial charge in [0, 0.05) is 11.9 Å². The van der Waals surface area contributed by atoms with E-state index >= 15 is 0 Å². The normalized spacial score (nSPS) is 15.6. The summed E-state index contributed by atoms with van der Waals surface area (Å²) in [5.74, 6) is 0.450. The molecular formula is C12H10N3O-. The number of pyridine rings is 1. The summed E-state index contributed by atoms with van der Waals surface area (Å²) in [6.07, 6.45) is 0. The van der Waals surface area contributed by atoms with Crippen LogP contribution in [0.5, 0.6) is 0 Å². The van der Waals surface area contributed by atoms with Crippen molar-refractivity contribution < 1.29 is 0 Å². The van der Waals surface area contributed by atoms with Crippen molar-refractivity contribution >= 4 is 16.7 Å². The molecule has 80 valence electrons. The minimum absolute atomic E-state index is 0.434. The highest BCUT2D eigenvalue weighted by atomic mass is 16.5. The van der Waals surface area contributed by atoms with Crippen molar-refractivity contribution in [3.8, 4) is 0 Å². The van der Waals surface area contributed by atoms with Gasteiger partial charge in [-0.3, -0.25) is 4.99 Å². The third kappa shape index (κ3) is 1.44. The Hall–Kier alpha value is -1.94. The number of nitrogens with zero attached hydrogens (tertiary/aromatic N) is 3. The Kier molecular flexibility index (Phi) is 2.08. The van der Waals surface area contributed by atoms with E-state index in [1.807, 2.05) is 36.4 Å². The molecule has 0 saturated heterocycles. The fraction of sp³-hybridized carbons (Fsp3) is 0.167. The van der Waals surface area contributed by atoms with Gasteiger partial charge in [-0.05, 0) is 12.1 Å². The van der Waals surface area contributed by atoms with E-state index < -0.39 is 0 Å². The molecule has 1 aliphatic heterocycles. The maximum Gasteiger partial charge on any atom is 0.139 e. The molecule has 1 aromatic heterocycles. The number of aliphatic imine (C=N–C) groups is 1. The first-order valence-electron chi connectivity index (χ1n) is 5.20. The number of hydrogen-bond acceptors (Lipinski definition) is 4. The van der Waals surface area contributed by atoms with Crippen LogP contribution in [-0.2, 0) is 0 Å². The summed E-state index contributed by atoms with van der Waals surface area (Å²) >= 11 is 0. The predicted molar refractivity (Wildman–Crippen MR) is 63.2 cm³/mol. The number of hydroxylamine groups is 2. The second-order valence-corrected chi connectivity index (χ2v) is 3.70. The number of aromatic nitrogens is 1. The Morgan fingerprint density at radius 3 is 2.81 bits per heavy atom. The molecule has 4 heteroatoms. The number of amidine groups is 1. The average Bonchev–Trinajstić information content (AvgIpc) is 2.75. The minimum atomic E-state index is 0.434. The monoisotopic (exact) mass is 212 g/mol. The molecule has 0 amide bonds. The van der Waals surface area contributed by atoms with E-state index in [2.05, 4.69) is 9.98 Å². The molecule has 3 rings (SSSR count). The highest BCUT2D eigenvalue weighted by Crippen LogP contribution is 2.14. The van der Waals surface area contributed by atoms with E-state index in [0.717, 1.165) is 16.0 Å². The minimum Gasteiger partial charge on any atom is -0.757 e. The van der Waals surface area contributed by atoms with Crippen LogP contribution in [-0.4, -0.2) is 29.0 Å². The average molecular weight is 212 g/mol. The van der Waals surface area contributed by atoms with Crippen molar-refractivity contribution in [3.05, 3.63) is 47.3 Å². The van der Waals surface area contributed by atoms with E-state index in [0.29, 0.717) is 24.6 Å². The van der Waals surface area contributed by atoms with Crippen molar-refractivity contribution in [3.63, 3.8) is 0 Å². The van der Waals surface area contributed by atoms with Crippen molar-refractivity contribution in [2.75, 3.05) is 13.1 Å². The summed E-state index contributed by atoms with van der Waals surface area (Å²) in [6.45, 7) is 0.997. The number of fused-ring (bicyclic) bond motifs is 1. The zero-order chi connectivity index (χ0) is 11.0. The third-order valence-corrected chi connectivity index (χ3v) is 2.63. The lowest BCUT2D eigenvalue weighted by atomic mass is 10.2. The summed E-state index contributed by atoms with van der Waals surface area (Å²) < 4.78 is 0. The predicted octanol–water partition coefficient (Wildman–Crippen LogP) is 1.79. The molecule has 0 unspecified atom stereocenters. The fourth-order valence-electron chi connectivity index (χ4n) is 1.83. The lowest BCUT2D eigenvalue weighted by Gasteiger charge is -2.25. The van der Waals surface area contributed by atoms with Crippen molar-refractivity contribution in [2.24, 2.45) is 4.99 Å². The van der Waals surface area contributed by atoms with E-state index in [9.17, 15) is 5.21 Å². The van der Waals surface area contributed by atoms with Gasteiger partial charge in [0.25, 0.3) is 0 Å². The van der Waals surface area contributed by atoms with Crippen molar-refractivity contribution in [2.45, 2.75) is 0 Å². The zero-order valence-corrected chi connectivity index (χ0v) is 8.63. The first-order chi connectivity index (χ1) is 7.84. The molecule has 0 atom stereocenters. The molecule has 1 aromatic carbocycles. The number of hydrogen-bond donors (Lipinski definition) is 0. The fourth-order valence-corrected chi connectivity index (χ4v) is 1.83.